The Labute approximate surface area is 149 Å². The number of carbonyl (C=O) groups excluding carboxylic acids is 2. The highest BCUT2D eigenvalue weighted by Crippen LogP contribution is 2.26. The first kappa shape index (κ1) is 17.6. The normalized spacial score (nSPS) is 16.6. The van der Waals surface area contributed by atoms with E-state index in [1.165, 1.54) is 53.2 Å². The molecule has 0 saturated carbocycles. The molecule has 0 aliphatic carbocycles. The van der Waals surface area contributed by atoms with E-state index in [1.807, 2.05) is 0 Å². The fourth-order valence-electron chi connectivity index (χ4n) is 3.03. The summed E-state index contributed by atoms with van der Waals surface area (Å²) in [6.45, 7) is 0.319. The number of halogens is 1. The first-order chi connectivity index (χ1) is 12.4. The maximum absolute atomic E-state index is 13.9. The van der Waals surface area contributed by atoms with Crippen LogP contribution >= 0.6 is 0 Å². The van der Waals surface area contributed by atoms with Crippen molar-refractivity contribution in [1.82, 2.24) is 4.90 Å². The van der Waals surface area contributed by atoms with E-state index in [9.17, 15) is 18.8 Å². The van der Waals surface area contributed by atoms with Crippen LogP contribution in [0.3, 0.4) is 0 Å². The van der Waals surface area contributed by atoms with E-state index in [2.05, 4.69) is 0 Å². The van der Waals surface area contributed by atoms with Gasteiger partial charge in [0.05, 0.1) is 11.3 Å². The molecule has 134 valence electrons. The molecule has 1 aliphatic heterocycles. The zero-order valence-electron chi connectivity index (χ0n) is 14.1. The lowest BCUT2D eigenvalue weighted by Crippen LogP contribution is -2.43. The number of nitrogens with zero attached hydrogens (tertiary/aromatic N) is 2. The molecule has 6 nitrogen and oxygen atoms in total. The largest absolute Gasteiger partial charge is 0.478 e. The molecule has 0 aromatic heterocycles. The second kappa shape index (κ2) is 6.95. The molecule has 2 aromatic rings. The van der Waals surface area contributed by atoms with Crippen LogP contribution in [0.25, 0.3) is 0 Å². The molecule has 1 heterocycles. The number of likely N-dealkylation sites (N-methyl/N-ethyl adjacent to an activating group) is 1. The number of aromatic carboxylic acids is 1. The van der Waals surface area contributed by atoms with E-state index in [0.717, 1.165) is 0 Å². The van der Waals surface area contributed by atoms with Gasteiger partial charge < -0.3 is 14.9 Å². The van der Waals surface area contributed by atoms with E-state index in [-0.39, 0.29) is 22.7 Å². The minimum Gasteiger partial charge on any atom is -0.478 e. The lowest BCUT2D eigenvalue weighted by atomic mass is 10.1. The van der Waals surface area contributed by atoms with Crippen LogP contribution in [-0.2, 0) is 4.79 Å². The second-order valence-electron chi connectivity index (χ2n) is 6.04. The number of anilines is 1. The van der Waals surface area contributed by atoms with Gasteiger partial charge in [0.25, 0.3) is 5.91 Å². The average Bonchev–Trinajstić information content (AvgIpc) is 3.02. The monoisotopic (exact) mass is 356 g/mol. The number of carboxylic acids is 1. The van der Waals surface area contributed by atoms with Crippen molar-refractivity contribution in [2.45, 2.75) is 12.5 Å². The van der Waals surface area contributed by atoms with E-state index in [1.54, 1.807) is 12.1 Å². The van der Waals surface area contributed by atoms with Gasteiger partial charge in [0.2, 0.25) is 5.91 Å². The summed E-state index contributed by atoms with van der Waals surface area (Å²) in [7, 11) is 1.51. The van der Waals surface area contributed by atoms with Gasteiger partial charge in [-0.25, -0.2) is 9.18 Å². The Hall–Kier alpha value is -3.22. The number of para-hydroxylation sites is 1. The number of rotatable bonds is 4. The minimum absolute atomic E-state index is 0.0758. The van der Waals surface area contributed by atoms with Gasteiger partial charge in [0, 0.05) is 19.2 Å². The molecule has 7 heteroatoms. The summed E-state index contributed by atoms with van der Waals surface area (Å²) in [5, 5.41) is 8.91. The van der Waals surface area contributed by atoms with Gasteiger partial charge in [-0.3, -0.25) is 9.59 Å². The van der Waals surface area contributed by atoms with Crippen LogP contribution in [0.2, 0.25) is 0 Å². The van der Waals surface area contributed by atoms with Gasteiger partial charge in [0.15, 0.2) is 0 Å². The zero-order chi connectivity index (χ0) is 18.8. The third kappa shape index (κ3) is 3.15. The van der Waals surface area contributed by atoms with Crippen molar-refractivity contribution in [2.75, 3.05) is 18.5 Å². The average molecular weight is 356 g/mol. The number of amides is 2. The van der Waals surface area contributed by atoms with E-state index in [0.29, 0.717) is 13.0 Å². The summed E-state index contributed by atoms with van der Waals surface area (Å²) in [6.07, 6.45) is 0.391. The van der Waals surface area contributed by atoms with Gasteiger partial charge in [0.1, 0.15) is 11.9 Å². The number of carbonyl (C=O) groups is 3. The third-order valence-corrected chi connectivity index (χ3v) is 4.49. The van der Waals surface area contributed by atoms with Crippen LogP contribution in [0.5, 0.6) is 0 Å². The summed E-state index contributed by atoms with van der Waals surface area (Å²) in [6, 6.07) is 10.8. The first-order valence-corrected chi connectivity index (χ1v) is 8.06. The Morgan fingerprint density at radius 1 is 1.12 bits per heavy atom. The fraction of sp³-hybridized carbons (Fsp3) is 0.211. The molecule has 0 radical (unpaired) electrons. The summed E-state index contributed by atoms with van der Waals surface area (Å²) >= 11 is 0. The van der Waals surface area contributed by atoms with Crippen molar-refractivity contribution >= 4 is 23.5 Å². The zero-order valence-corrected chi connectivity index (χ0v) is 14.1. The van der Waals surface area contributed by atoms with E-state index < -0.39 is 23.7 Å². The van der Waals surface area contributed by atoms with Crippen molar-refractivity contribution in [3.05, 3.63) is 65.5 Å². The number of hydrogen-bond acceptors (Lipinski definition) is 3. The summed E-state index contributed by atoms with van der Waals surface area (Å²) in [5.41, 5.74) is 0.563. The molecule has 3 rings (SSSR count). The van der Waals surface area contributed by atoms with Crippen LogP contribution in [0, 0.1) is 5.82 Å². The molecular formula is C19H17FN2O4. The third-order valence-electron chi connectivity index (χ3n) is 4.49. The first-order valence-electron chi connectivity index (χ1n) is 8.06. The Kier molecular flexibility index (Phi) is 4.71. The van der Waals surface area contributed by atoms with Crippen molar-refractivity contribution < 1.29 is 23.9 Å². The van der Waals surface area contributed by atoms with Crippen molar-refractivity contribution in [3.63, 3.8) is 0 Å². The van der Waals surface area contributed by atoms with Crippen LogP contribution in [0.15, 0.2) is 48.5 Å². The molecular weight excluding hydrogens is 339 g/mol. The molecule has 0 bridgehead atoms. The van der Waals surface area contributed by atoms with Crippen molar-refractivity contribution in [3.8, 4) is 0 Å². The summed E-state index contributed by atoms with van der Waals surface area (Å²) < 4.78 is 13.9. The van der Waals surface area contributed by atoms with E-state index in [4.69, 9.17) is 5.11 Å². The molecule has 1 fully saturated rings. The highest BCUT2D eigenvalue weighted by molar-refractivity contribution is 6.04. The summed E-state index contributed by atoms with van der Waals surface area (Å²) in [4.78, 5) is 38.8. The smallest absolute Gasteiger partial charge is 0.335 e. The van der Waals surface area contributed by atoms with Gasteiger partial charge in [-0.2, -0.15) is 0 Å². The molecule has 26 heavy (non-hydrogen) atoms. The van der Waals surface area contributed by atoms with Crippen LogP contribution in [-0.4, -0.2) is 47.4 Å². The SMILES string of the molecule is CN(C(=O)c1ccc(C(=O)O)cc1)C1CCN(c2ccccc2F)C1=O. The predicted molar refractivity (Wildman–Crippen MR) is 92.7 cm³/mol. The van der Waals surface area contributed by atoms with E-state index >= 15 is 0 Å². The minimum atomic E-state index is -1.08. The molecule has 1 atom stereocenters. The van der Waals surface area contributed by atoms with Crippen molar-refractivity contribution in [2.24, 2.45) is 0 Å². The number of benzene rings is 2. The molecule has 1 saturated heterocycles. The van der Waals surface area contributed by atoms with Crippen molar-refractivity contribution in [1.29, 1.82) is 0 Å². The van der Waals surface area contributed by atoms with Gasteiger partial charge in [-0.05, 0) is 42.8 Å². The Morgan fingerprint density at radius 2 is 1.73 bits per heavy atom. The van der Waals surface area contributed by atoms with Gasteiger partial charge in [-0.1, -0.05) is 12.1 Å². The quantitative estimate of drug-likeness (QED) is 0.913. The topological polar surface area (TPSA) is 77.9 Å². The summed E-state index contributed by atoms with van der Waals surface area (Å²) in [5.74, 6) is -2.30. The molecule has 1 N–H and O–H groups in total. The number of hydrogen-bond donors (Lipinski definition) is 1. The molecule has 1 aliphatic rings. The predicted octanol–water partition coefficient (Wildman–Crippen LogP) is 2.40. The lowest BCUT2D eigenvalue weighted by Gasteiger charge is -2.24. The fourth-order valence-corrected chi connectivity index (χ4v) is 3.03. The second-order valence-corrected chi connectivity index (χ2v) is 6.04. The van der Waals surface area contributed by atoms with Gasteiger partial charge in [-0.15, -0.1) is 0 Å². The highest BCUT2D eigenvalue weighted by atomic mass is 19.1. The Bertz CT molecular complexity index is 866. The van der Waals surface area contributed by atoms with Crippen LogP contribution < -0.4 is 4.90 Å². The molecule has 0 spiro atoms. The number of carboxylic acid groups (broad SMARTS) is 1. The lowest BCUT2D eigenvalue weighted by molar-refractivity contribution is -0.120. The standard InChI is InChI=1S/C19H17FN2O4/c1-21(17(23)12-6-8-13(9-7-12)19(25)26)16-10-11-22(18(16)24)15-5-3-2-4-14(15)20/h2-9,16H,10-11H2,1H3,(H,25,26). The Morgan fingerprint density at radius 3 is 2.35 bits per heavy atom. The maximum atomic E-state index is 13.9. The molecule has 2 aromatic carbocycles. The molecule has 1 unspecified atom stereocenters. The highest BCUT2D eigenvalue weighted by Gasteiger charge is 2.38. The van der Waals surface area contributed by atoms with Crippen LogP contribution in [0.1, 0.15) is 27.1 Å². The maximum Gasteiger partial charge on any atom is 0.335 e. The van der Waals surface area contributed by atoms with Gasteiger partial charge >= 0.3 is 5.97 Å². The van der Waals surface area contributed by atoms with Crippen LogP contribution in [0.4, 0.5) is 10.1 Å². The molecule has 2 amide bonds. The Balaban J connectivity index is 1.77.